The molecule has 2 N–H and O–H groups in total. The van der Waals surface area contributed by atoms with Gasteiger partial charge in [0.15, 0.2) is 5.82 Å². The van der Waals surface area contributed by atoms with E-state index in [9.17, 15) is 9.50 Å². The van der Waals surface area contributed by atoms with E-state index in [2.05, 4.69) is 20.5 Å². The molecule has 0 aliphatic heterocycles. The Morgan fingerprint density at radius 1 is 1.00 bits per heavy atom. The number of hydrogen-bond donors (Lipinski definition) is 2. The van der Waals surface area contributed by atoms with Gasteiger partial charge in [-0.3, -0.25) is 4.98 Å². The summed E-state index contributed by atoms with van der Waals surface area (Å²) in [6, 6.07) is 12.9. The molecule has 0 amide bonds. The van der Waals surface area contributed by atoms with Crippen molar-refractivity contribution in [1.82, 2.24) is 15.2 Å². The molecule has 0 bridgehead atoms. The first kappa shape index (κ1) is 17.2. The summed E-state index contributed by atoms with van der Waals surface area (Å²) in [4.78, 5) is 4.17. The summed E-state index contributed by atoms with van der Waals surface area (Å²) in [6.07, 6.45) is 3.34. The predicted molar refractivity (Wildman–Crippen MR) is 103 cm³/mol. The van der Waals surface area contributed by atoms with E-state index in [1.807, 2.05) is 6.07 Å². The molecule has 0 radical (unpaired) electrons. The van der Waals surface area contributed by atoms with E-state index in [0.717, 1.165) is 16.3 Å². The maximum absolute atomic E-state index is 13.0. The highest BCUT2D eigenvalue weighted by Gasteiger charge is 2.14. The van der Waals surface area contributed by atoms with E-state index in [0.29, 0.717) is 28.6 Å². The summed E-state index contributed by atoms with van der Waals surface area (Å²) < 4.78 is 13.0. The Labute approximate surface area is 159 Å². The Morgan fingerprint density at radius 3 is 2.59 bits per heavy atom. The van der Waals surface area contributed by atoms with Gasteiger partial charge in [-0.15, -0.1) is 10.2 Å². The molecule has 0 spiro atoms. The van der Waals surface area contributed by atoms with Gasteiger partial charge < -0.3 is 10.4 Å². The van der Waals surface area contributed by atoms with Crippen LogP contribution in [0.15, 0.2) is 60.9 Å². The van der Waals surface area contributed by atoms with Gasteiger partial charge in [0.25, 0.3) is 0 Å². The van der Waals surface area contributed by atoms with Crippen LogP contribution in [0.4, 0.5) is 10.2 Å². The molecule has 2 heterocycles. The van der Waals surface area contributed by atoms with Crippen molar-refractivity contribution in [1.29, 1.82) is 0 Å². The largest absolute Gasteiger partial charge is 0.507 e. The Kier molecular flexibility index (Phi) is 4.56. The third-order valence-corrected chi connectivity index (χ3v) is 4.40. The molecule has 0 atom stereocenters. The lowest BCUT2D eigenvalue weighted by Crippen LogP contribution is -2.04. The fraction of sp³-hybridized carbons (Fsp3) is 0.0500. The van der Waals surface area contributed by atoms with Crippen LogP contribution in [0.25, 0.3) is 22.0 Å². The van der Waals surface area contributed by atoms with Crippen molar-refractivity contribution < 1.29 is 9.50 Å². The standard InChI is InChI=1S/C20H14ClFN4O/c21-13-3-6-16(18(27)9-13)19-15-7-8-23-11-17(15)20(26-25-19)24-10-12-1-4-14(22)5-2-12/h1-9,11,27H,10H2,(H,24,26). The summed E-state index contributed by atoms with van der Waals surface area (Å²) in [7, 11) is 0. The molecule has 0 aliphatic rings. The summed E-state index contributed by atoms with van der Waals surface area (Å²) in [5.41, 5.74) is 1.98. The summed E-state index contributed by atoms with van der Waals surface area (Å²) in [5.74, 6) is 0.307. The smallest absolute Gasteiger partial charge is 0.158 e. The molecular formula is C20H14ClFN4O. The van der Waals surface area contributed by atoms with Crippen LogP contribution in [0.3, 0.4) is 0 Å². The van der Waals surface area contributed by atoms with Crippen LogP contribution < -0.4 is 5.32 Å². The van der Waals surface area contributed by atoms with Crippen LogP contribution in [0.1, 0.15) is 5.56 Å². The highest BCUT2D eigenvalue weighted by Crippen LogP contribution is 2.35. The quantitative estimate of drug-likeness (QED) is 0.532. The number of nitrogens with zero attached hydrogens (tertiary/aromatic N) is 3. The first-order valence-electron chi connectivity index (χ1n) is 8.19. The van der Waals surface area contributed by atoms with E-state index in [4.69, 9.17) is 11.6 Å². The number of pyridine rings is 1. The molecule has 5 nitrogen and oxygen atoms in total. The molecule has 27 heavy (non-hydrogen) atoms. The molecule has 0 unspecified atom stereocenters. The van der Waals surface area contributed by atoms with Crippen molar-refractivity contribution in [2.75, 3.05) is 5.32 Å². The molecule has 4 rings (SSSR count). The van der Waals surface area contributed by atoms with Gasteiger partial charge >= 0.3 is 0 Å². The van der Waals surface area contributed by atoms with Crippen molar-refractivity contribution in [3.63, 3.8) is 0 Å². The van der Waals surface area contributed by atoms with Gasteiger partial charge in [-0.1, -0.05) is 23.7 Å². The van der Waals surface area contributed by atoms with E-state index in [1.54, 1.807) is 36.7 Å². The summed E-state index contributed by atoms with van der Waals surface area (Å²) in [6.45, 7) is 0.463. The maximum Gasteiger partial charge on any atom is 0.158 e. The number of aromatic nitrogens is 3. The van der Waals surface area contributed by atoms with Crippen molar-refractivity contribution in [3.05, 3.63) is 77.3 Å². The second-order valence-corrected chi connectivity index (χ2v) is 6.40. The SMILES string of the molecule is Oc1cc(Cl)ccc1-c1nnc(NCc2ccc(F)cc2)c2cnccc12. The molecule has 2 aromatic carbocycles. The van der Waals surface area contributed by atoms with Crippen molar-refractivity contribution >= 4 is 28.2 Å². The lowest BCUT2D eigenvalue weighted by molar-refractivity contribution is 0.477. The summed E-state index contributed by atoms with van der Waals surface area (Å²) >= 11 is 5.92. The molecule has 0 aliphatic carbocycles. The lowest BCUT2D eigenvalue weighted by Gasteiger charge is -2.12. The average Bonchev–Trinajstić information content (AvgIpc) is 2.68. The van der Waals surface area contributed by atoms with Crippen LogP contribution in [-0.2, 0) is 6.54 Å². The zero-order valence-electron chi connectivity index (χ0n) is 14.0. The van der Waals surface area contributed by atoms with Crippen LogP contribution in [0.5, 0.6) is 5.75 Å². The minimum atomic E-state index is -0.277. The second-order valence-electron chi connectivity index (χ2n) is 5.96. The monoisotopic (exact) mass is 380 g/mol. The van der Waals surface area contributed by atoms with E-state index in [-0.39, 0.29) is 11.6 Å². The Morgan fingerprint density at radius 2 is 1.81 bits per heavy atom. The highest BCUT2D eigenvalue weighted by atomic mass is 35.5. The Hall–Kier alpha value is -3.25. The van der Waals surface area contributed by atoms with E-state index >= 15 is 0 Å². The van der Waals surface area contributed by atoms with E-state index < -0.39 is 0 Å². The van der Waals surface area contributed by atoms with E-state index in [1.165, 1.54) is 18.2 Å². The number of halogens is 2. The minimum Gasteiger partial charge on any atom is -0.507 e. The first-order chi connectivity index (χ1) is 13.1. The van der Waals surface area contributed by atoms with Gasteiger partial charge in [0, 0.05) is 40.3 Å². The zero-order valence-corrected chi connectivity index (χ0v) is 14.8. The van der Waals surface area contributed by atoms with Gasteiger partial charge in [-0.05, 0) is 42.0 Å². The maximum atomic E-state index is 13.0. The average molecular weight is 381 g/mol. The number of nitrogens with one attached hydrogen (secondary N) is 1. The highest BCUT2D eigenvalue weighted by molar-refractivity contribution is 6.30. The molecular weight excluding hydrogens is 367 g/mol. The van der Waals surface area contributed by atoms with Gasteiger partial charge in [0.2, 0.25) is 0 Å². The number of phenolic OH excluding ortho intramolecular Hbond substituents is 1. The van der Waals surface area contributed by atoms with Crippen molar-refractivity contribution in [2.45, 2.75) is 6.54 Å². The number of aromatic hydroxyl groups is 1. The van der Waals surface area contributed by atoms with Crippen LogP contribution >= 0.6 is 11.6 Å². The molecule has 134 valence electrons. The number of benzene rings is 2. The van der Waals surface area contributed by atoms with Crippen molar-refractivity contribution in [3.8, 4) is 17.0 Å². The number of anilines is 1. The normalized spacial score (nSPS) is 10.9. The van der Waals surface area contributed by atoms with Gasteiger partial charge in [0.05, 0.1) is 0 Å². The number of rotatable bonds is 4. The van der Waals surface area contributed by atoms with Crippen LogP contribution in [0, 0.1) is 5.82 Å². The fourth-order valence-corrected chi connectivity index (χ4v) is 2.99. The molecule has 0 fully saturated rings. The predicted octanol–water partition coefficient (Wildman–Crippen LogP) is 4.80. The topological polar surface area (TPSA) is 70.9 Å². The molecule has 0 saturated carbocycles. The first-order valence-corrected chi connectivity index (χ1v) is 8.57. The van der Waals surface area contributed by atoms with Gasteiger partial charge in [-0.25, -0.2) is 4.39 Å². The third-order valence-electron chi connectivity index (χ3n) is 4.17. The fourth-order valence-electron chi connectivity index (χ4n) is 2.82. The number of hydrogen-bond acceptors (Lipinski definition) is 5. The molecule has 0 saturated heterocycles. The summed E-state index contributed by atoms with van der Waals surface area (Å²) in [5, 5.41) is 24.0. The third kappa shape index (κ3) is 3.52. The molecule has 4 aromatic rings. The second kappa shape index (κ2) is 7.17. The van der Waals surface area contributed by atoms with Crippen LogP contribution in [0.2, 0.25) is 5.02 Å². The number of phenols is 1. The lowest BCUT2D eigenvalue weighted by atomic mass is 10.1. The van der Waals surface area contributed by atoms with Gasteiger partial charge in [-0.2, -0.15) is 0 Å². The van der Waals surface area contributed by atoms with Gasteiger partial charge in [0.1, 0.15) is 17.3 Å². The number of fused-ring (bicyclic) bond motifs is 1. The minimum absolute atomic E-state index is 0.0296. The zero-order chi connectivity index (χ0) is 18.8. The molecule has 7 heteroatoms. The molecule has 2 aromatic heterocycles. The van der Waals surface area contributed by atoms with Crippen molar-refractivity contribution in [2.24, 2.45) is 0 Å². The van der Waals surface area contributed by atoms with Crippen LogP contribution in [-0.4, -0.2) is 20.3 Å². The Bertz CT molecular complexity index is 1120. The Balaban J connectivity index is 1.73.